The van der Waals surface area contributed by atoms with Crippen LogP contribution in [0.4, 0.5) is 74.6 Å². The van der Waals surface area contributed by atoms with Crippen molar-refractivity contribution in [1.82, 2.24) is 4.90 Å². The normalized spacial score (nSPS) is 19.7. The molecule has 1 saturated heterocycles. The Morgan fingerprint density at radius 1 is 0.636 bits per heavy atom. The van der Waals surface area contributed by atoms with E-state index in [1.165, 1.54) is 6.92 Å². The van der Waals surface area contributed by atoms with Gasteiger partial charge >= 0.3 is 47.6 Å². The number of hydrogen-bond acceptors (Lipinski definition) is 1. The molecule has 0 aromatic rings. The fourth-order valence-electron chi connectivity index (χ4n) is 2.35. The topological polar surface area (TPSA) is 20.1 Å². The molecule has 1 rings (SSSR count). The minimum absolute atomic E-state index is 0.107. The van der Waals surface area contributed by atoms with Crippen molar-refractivity contribution < 1.29 is 79.4 Å². The SMILES string of the molecule is CC1CN1C(=O)CCC(F)(F)C(F)(F)C(F)(F)C(F)(F)C(F)(F)C(F)(F)C(F)(F)C(F)(F)F. The van der Waals surface area contributed by atoms with Crippen LogP contribution in [-0.4, -0.2) is 71.0 Å². The Kier molecular flexibility index (Phi) is 6.79. The summed E-state index contributed by atoms with van der Waals surface area (Å²) in [4.78, 5) is 12.0. The number of alkyl halides is 17. The van der Waals surface area contributed by atoms with Gasteiger partial charge in [0.05, 0.1) is 0 Å². The van der Waals surface area contributed by atoms with Crippen LogP contribution in [0, 0.1) is 0 Å². The molecule has 1 amide bonds. The highest BCUT2D eigenvalue weighted by molar-refractivity contribution is 5.78. The van der Waals surface area contributed by atoms with E-state index in [1.807, 2.05) is 0 Å². The summed E-state index contributed by atoms with van der Waals surface area (Å²) >= 11 is 0. The molecule has 0 N–H and O–H groups in total. The Morgan fingerprint density at radius 3 is 1.24 bits per heavy atom. The minimum atomic E-state index is -8.65. The second-order valence-corrected chi connectivity index (χ2v) is 7.04. The van der Waals surface area contributed by atoms with E-state index in [-0.39, 0.29) is 6.54 Å². The van der Waals surface area contributed by atoms with Gasteiger partial charge < -0.3 is 4.90 Å². The maximum Gasteiger partial charge on any atom is 0.460 e. The van der Waals surface area contributed by atoms with Crippen molar-refractivity contribution in [3.8, 4) is 0 Å². The fourth-order valence-corrected chi connectivity index (χ4v) is 2.35. The number of hydrogen-bond donors (Lipinski definition) is 0. The highest BCUT2D eigenvalue weighted by Gasteiger charge is 2.95. The lowest BCUT2D eigenvalue weighted by Gasteiger charge is -2.42. The molecule has 1 unspecified atom stereocenters. The number of carbonyl (C=O) groups is 1. The van der Waals surface area contributed by atoms with Gasteiger partial charge in [-0.25, -0.2) is 0 Å². The van der Waals surface area contributed by atoms with E-state index >= 15 is 0 Å². The zero-order valence-corrected chi connectivity index (χ0v) is 15.5. The van der Waals surface area contributed by atoms with Crippen LogP contribution in [0.2, 0.25) is 0 Å². The molecule has 0 radical (unpaired) electrons. The zero-order chi connectivity index (χ0) is 26.9. The molecule has 0 aliphatic carbocycles. The summed E-state index contributed by atoms with van der Waals surface area (Å²) in [6.07, 6.45) is -12.3. The summed E-state index contributed by atoms with van der Waals surface area (Å²) < 4.78 is 222. The average molecular weight is 531 g/mol. The van der Waals surface area contributed by atoms with Crippen LogP contribution >= 0.6 is 0 Å². The molecule has 33 heavy (non-hydrogen) atoms. The molecule has 1 atom stereocenters. The first-order valence-electron chi connectivity index (χ1n) is 8.16. The van der Waals surface area contributed by atoms with E-state index < -0.39 is 72.4 Å². The first-order chi connectivity index (χ1) is 14.1. The van der Waals surface area contributed by atoms with Crippen LogP contribution in [0.5, 0.6) is 0 Å². The highest BCUT2D eigenvalue weighted by Crippen LogP contribution is 2.64. The molecule has 0 aromatic carbocycles. The van der Waals surface area contributed by atoms with Crippen molar-refractivity contribution in [1.29, 1.82) is 0 Å². The lowest BCUT2D eigenvalue weighted by atomic mass is 9.88. The summed E-state index contributed by atoms with van der Waals surface area (Å²) in [5, 5.41) is 0. The second-order valence-electron chi connectivity index (χ2n) is 7.04. The van der Waals surface area contributed by atoms with Gasteiger partial charge in [-0.3, -0.25) is 4.79 Å². The maximum atomic E-state index is 13.6. The van der Waals surface area contributed by atoms with E-state index in [9.17, 15) is 79.4 Å². The third-order valence-corrected chi connectivity index (χ3v) is 4.62. The number of amides is 1. The number of nitrogens with zero attached hydrogens (tertiary/aromatic N) is 1. The lowest BCUT2D eigenvalue weighted by Crippen LogP contribution is -2.74. The molecule has 1 heterocycles. The summed E-state index contributed by atoms with van der Waals surface area (Å²) in [5.41, 5.74) is 0. The number of halogens is 17. The molecule has 2 nitrogen and oxygen atoms in total. The monoisotopic (exact) mass is 531 g/mol. The van der Waals surface area contributed by atoms with Crippen LogP contribution in [0.3, 0.4) is 0 Å². The van der Waals surface area contributed by atoms with Gasteiger partial charge in [0.15, 0.2) is 0 Å². The molecule has 196 valence electrons. The van der Waals surface area contributed by atoms with E-state index in [0.29, 0.717) is 4.90 Å². The molecule has 1 fully saturated rings. The van der Waals surface area contributed by atoms with Gasteiger partial charge in [0.1, 0.15) is 0 Å². The van der Waals surface area contributed by atoms with Gasteiger partial charge in [-0.2, -0.15) is 74.6 Å². The Morgan fingerprint density at radius 2 is 0.939 bits per heavy atom. The van der Waals surface area contributed by atoms with Gasteiger partial charge in [0.25, 0.3) is 0 Å². The summed E-state index contributed by atoms with van der Waals surface area (Å²) in [7, 11) is 0. The third kappa shape index (κ3) is 4.05. The van der Waals surface area contributed by atoms with E-state index in [0.717, 1.165) is 0 Å². The molecule has 0 aromatic heterocycles. The first-order valence-corrected chi connectivity index (χ1v) is 8.16. The first kappa shape index (κ1) is 29.3. The Balaban J connectivity index is 3.39. The minimum Gasteiger partial charge on any atom is -0.336 e. The van der Waals surface area contributed by atoms with Gasteiger partial charge in [-0.1, -0.05) is 0 Å². The number of carbonyl (C=O) groups excluding carboxylic acids is 1. The summed E-state index contributed by atoms with van der Waals surface area (Å²) in [6, 6.07) is -0.603. The third-order valence-electron chi connectivity index (χ3n) is 4.62. The van der Waals surface area contributed by atoms with Gasteiger partial charge in [0.2, 0.25) is 5.91 Å². The maximum absolute atomic E-state index is 13.6. The number of rotatable bonds is 9. The Bertz CT molecular complexity index is 755. The van der Waals surface area contributed by atoms with Crippen molar-refractivity contribution in [3.63, 3.8) is 0 Å². The quantitative estimate of drug-likeness (QED) is 0.264. The molecule has 0 saturated carbocycles. The van der Waals surface area contributed by atoms with Crippen molar-refractivity contribution in [2.75, 3.05) is 6.54 Å². The Labute approximate surface area is 171 Å². The van der Waals surface area contributed by atoms with E-state index in [4.69, 9.17) is 0 Å². The van der Waals surface area contributed by atoms with Crippen molar-refractivity contribution in [2.45, 2.75) is 73.4 Å². The second kappa shape index (κ2) is 7.64. The van der Waals surface area contributed by atoms with Crippen LogP contribution in [0.15, 0.2) is 0 Å². The zero-order valence-electron chi connectivity index (χ0n) is 15.5. The van der Waals surface area contributed by atoms with Crippen LogP contribution in [-0.2, 0) is 4.79 Å². The van der Waals surface area contributed by atoms with Crippen molar-refractivity contribution >= 4 is 5.91 Å². The van der Waals surface area contributed by atoms with Crippen LogP contribution in [0.1, 0.15) is 19.8 Å². The van der Waals surface area contributed by atoms with E-state index in [2.05, 4.69) is 0 Å². The highest BCUT2D eigenvalue weighted by atomic mass is 19.4. The predicted molar refractivity (Wildman–Crippen MR) is 71.1 cm³/mol. The molecular formula is C14H10F17NO. The standard InChI is InChI=1S/C14H10F17NO/c1-5-4-32(5)6(33)2-3-7(15,16)8(17,18)9(19,20)10(21,22)11(23,24)12(25,26)13(27,28)14(29,30)31/h5H,2-4H2,1H3. The van der Waals surface area contributed by atoms with Crippen molar-refractivity contribution in [2.24, 2.45) is 0 Å². The van der Waals surface area contributed by atoms with E-state index in [1.54, 1.807) is 0 Å². The van der Waals surface area contributed by atoms with Crippen LogP contribution in [0.25, 0.3) is 0 Å². The molecular weight excluding hydrogens is 521 g/mol. The van der Waals surface area contributed by atoms with Gasteiger partial charge in [-0.15, -0.1) is 0 Å². The summed E-state index contributed by atoms with van der Waals surface area (Å²) in [6.45, 7) is 1.18. The Hall–Kier alpha value is -1.72. The smallest absolute Gasteiger partial charge is 0.336 e. The molecule has 0 spiro atoms. The van der Waals surface area contributed by atoms with Gasteiger partial charge in [0, 0.05) is 25.4 Å². The molecule has 1 aliphatic heterocycles. The molecule has 0 bridgehead atoms. The fraction of sp³-hybridized carbons (Fsp3) is 0.929. The van der Waals surface area contributed by atoms with Crippen LogP contribution < -0.4 is 0 Å². The average Bonchev–Trinajstić information content (AvgIpc) is 3.34. The lowest BCUT2D eigenvalue weighted by molar-refractivity contribution is -0.461. The largest absolute Gasteiger partial charge is 0.460 e. The van der Waals surface area contributed by atoms with Crippen molar-refractivity contribution in [3.05, 3.63) is 0 Å². The molecule has 19 heteroatoms. The predicted octanol–water partition coefficient (Wildman–Crippen LogP) is 6.01. The summed E-state index contributed by atoms with van der Waals surface area (Å²) in [5.74, 6) is -57.9. The van der Waals surface area contributed by atoms with Gasteiger partial charge in [-0.05, 0) is 6.92 Å². The molecule has 1 aliphatic rings.